The molecule has 18 heavy (non-hydrogen) atoms. The zero-order chi connectivity index (χ0) is 13.2. The van der Waals surface area contributed by atoms with Crippen LogP contribution in [0.5, 0.6) is 0 Å². The highest BCUT2D eigenvalue weighted by Crippen LogP contribution is 2.43. The summed E-state index contributed by atoms with van der Waals surface area (Å²) < 4.78 is 37.9. The molecule has 0 aromatic heterocycles. The lowest BCUT2D eigenvalue weighted by molar-refractivity contribution is -0.186. The largest absolute Gasteiger partial charge is 0.391 e. The monoisotopic (exact) mass is 261 g/mol. The van der Waals surface area contributed by atoms with Crippen LogP contribution < -0.4 is 5.32 Å². The van der Waals surface area contributed by atoms with Crippen LogP contribution in [-0.4, -0.2) is 42.8 Å². The van der Waals surface area contributed by atoms with E-state index >= 15 is 0 Å². The van der Waals surface area contributed by atoms with E-state index in [-0.39, 0.29) is 12.8 Å². The molecule has 0 spiro atoms. The van der Waals surface area contributed by atoms with Gasteiger partial charge in [-0.2, -0.15) is 18.4 Å². The van der Waals surface area contributed by atoms with Gasteiger partial charge in [0.05, 0.1) is 12.0 Å². The molecule has 1 aliphatic carbocycles. The minimum Gasteiger partial charge on any atom is -0.314 e. The molecule has 0 aromatic rings. The Labute approximate surface area is 105 Å². The molecule has 1 saturated heterocycles. The predicted octanol–water partition coefficient (Wildman–Crippen LogP) is 1.91. The van der Waals surface area contributed by atoms with Crippen molar-refractivity contribution in [3.63, 3.8) is 0 Å². The van der Waals surface area contributed by atoms with Crippen LogP contribution in [-0.2, 0) is 0 Å². The Morgan fingerprint density at radius 3 is 2.17 bits per heavy atom. The minimum absolute atomic E-state index is 0.0843. The molecule has 0 aromatic carbocycles. The number of alkyl halides is 3. The van der Waals surface area contributed by atoms with Crippen LogP contribution in [0.2, 0.25) is 0 Å². The molecule has 0 atom stereocenters. The van der Waals surface area contributed by atoms with Gasteiger partial charge in [-0.05, 0) is 25.7 Å². The Morgan fingerprint density at radius 2 is 1.72 bits per heavy atom. The lowest BCUT2D eigenvalue weighted by Crippen LogP contribution is -2.57. The normalized spacial score (nSPS) is 35.1. The second-order valence-electron chi connectivity index (χ2n) is 5.20. The number of hydrogen-bond acceptors (Lipinski definition) is 3. The Bertz CT molecular complexity index is 320. The summed E-state index contributed by atoms with van der Waals surface area (Å²) in [6, 6.07) is 2.29. The van der Waals surface area contributed by atoms with Crippen molar-refractivity contribution < 1.29 is 13.2 Å². The lowest BCUT2D eigenvalue weighted by Gasteiger charge is -2.45. The van der Waals surface area contributed by atoms with Gasteiger partial charge in [-0.25, -0.2) is 0 Å². The molecule has 1 saturated carbocycles. The molecule has 1 aliphatic heterocycles. The average Bonchev–Trinajstić information content (AvgIpc) is 2.39. The maximum atomic E-state index is 12.6. The number of rotatable bonds is 1. The van der Waals surface area contributed by atoms with Gasteiger partial charge in [0.25, 0.3) is 0 Å². The summed E-state index contributed by atoms with van der Waals surface area (Å²) in [5, 5.41) is 12.6. The summed E-state index contributed by atoms with van der Waals surface area (Å²) >= 11 is 0. The van der Waals surface area contributed by atoms with E-state index in [0.717, 1.165) is 26.2 Å². The number of piperazine rings is 1. The van der Waals surface area contributed by atoms with E-state index in [9.17, 15) is 18.4 Å². The third-order valence-corrected chi connectivity index (χ3v) is 4.21. The highest BCUT2D eigenvalue weighted by molar-refractivity contribution is 5.11. The Balaban J connectivity index is 2.02. The van der Waals surface area contributed by atoms with Crippen molar-refractivity contribution >= 4 is 0 Å². The standard InChI is InChI=1S/C12H18F3N3/c13-12(14,15)10-1-3-11(9-16,4-2-10)18-7-5-17-6-8-18/h10,17H,1-8H2. The van der Waals surface area contributed by atoms with E-state index in [1.54, 1.807) is 0 Å². The van der Waals surface area contributed by atoms with Gasteiger partial charge in [-0.15, -0.1) is 0 Å². The van der Waals surface area contributed by atoms with Crippen molar-refractivity contribution in [2.24, 2.45) is 5.92 Å². The minimum atomic E-state index is -4.11. The van der Waals surface area contributed by atoms with E-state index < -0.39 is 17.6 Å². The molecule has 2 fully saturated rings. The smallest absolute Gasteiger partial charge is 0.314 e. The number of nitrogens with zero attached hydrogens (tertiary/aromatic N) is 2. The van der Waals surface area contributed by atoms with Gasteiger partial charge in [-0.1, -0.05) is 0 Å². The van der Waals surface area contributed by atoms with E-state index in [4.69, 9.17) is 0 Å². The van der Waals surface area contributed by atoms with Crippen LogP contribution in [0, 0.1) is 17.2 Å². The van der Waals surface area contributed by atoms with Crippen molar-refractivity contribution in [2.75, 3.05) is 26.2 Å². The molecule has 1 heterocycles. The van der Waals surface area contributed by atoms with Crippen molar-refractivity contribution in [1.29, 1.82) is 5.26 Å². The highest BCUT2D eigenvalue weighted by atomic mass is 19.4. The van der Waals surface area contributed by atoms with Gasteiger partial charge in [0, 0.05) is 26.2 Å². The van der Waals surface area contributed by atoms with Gasteiger partial charge >= 0.3 is 6.18 Å². The Kier molecular flexibility index (Phi) is 3.83. The van der Waals surface area contributed by atoms with Crippen molar-refractivity contribution in [2.45, 2.75) is 37.4 Å². The third-order valence-electron chi connectivity index (χ3n) is 4.21. The van der Waals surface area contributed by atoms with Crippen molar-refractivity contribution in [3.05, 3.63) is 0 Å². The first kappa shape index (κ1) is 13.6. The van der Waals surface area contributed by atoms with Crippen molar-refractivity contribution in [1.82, 2.24) is 10.2 Å². The molecule has 6 heteroatoms. The fourth-order valence-electron chi connectivity index (χ4n) is 3.01. The second kappa shape index (κ2) is 5.06. The van der Waals surface area contributed by atoms with E-state index in [1.807, 2.05) is 0 Å². The average molecular weight is 261 g/mol. The fourth-order valence-corrected chi connectivity index (χ4v) is 3.01. The maximum Gasteiger partial charge on any atom is 0.391 e. The van der Waals surface area contributed by atoms with Gasteiger partial charge < -0.3 is 5.32 Å². The fraction of sp³-hybridized carbons (Fsp3) is 0.917. The summed E-state index contributed by atoms with van der Waals surface area (Å²) in [6.07, 6.45) is -3.26. The first-order valence-electron chi connectivity index (χ1n) is 6.42. The molecular formula is C12H18F3N3. The molecule has 2 aliphatic rings. The topological polar surface area (TPSA) is 39.1 Å². The van der Waals surface area contributed by atoms with Crippen LogP contribution >= 0.6 is 0 Å². The van der Waals surface area contributed by atoms with Crippen LogP contribution in [0.15, 0.2) is 0 Å². The number of hydrogen-bond donors (Lipinski definition) is 1. The number of nitrogens with one attached hydrogen (secondary N) is 1. The van der Waals surface area contributed by atoms with Crippen molar-refractivity contribution in [3.8, 4) is 6.07 Å². The molecule has 0 amide bonds. The molecule has 1 N–H and O–H groups in total. The zero-order valence-electron chi connectivity index (χ0n) is 10.3. The predicted molar refractivity (Wildman–Crippen MR) is 60.8 cm³/mol. The quantitative estimate of drug-likeness (QED) is 0.783. The molecule has 102 valence electrons. The van der Waals surface area contributed by atoms with Gasteiger partial charge in [0.2, 0.25) is 0 Å². The second-order valence-corrected chi connectivity index (χ2v) is 5.20. The van der Waals surface area contributed by atoms with Crippen LogP contribution in [0.1, 0.15) is 25.7 Å². The summed E-state index contributed by atoms with van der Waals surface area (Å²) in [6.45, 7) is 3.13. The number of halogens is 3. The first-order valence-corrected chi connectivity index (χ1v) is 6.42. The molecular weight excluding hydrogens is 243 g/mol. The summed E-state index contributed by atoms with van der Waals surface area (Å²) in [5.41, 5.74) is -0.663. The maximum absolute atomic E-state index is 12.6. The lowest BCUT2D eigenvalue weighted by atomic mass is 9.75. The molecule has 0 radical (unpaired) electrons. The summed E-state index contributed by atoms with van der Waals surface area (Å²) in [7, 11) is 0. The zero-order valence-corrected chi connectivity index (χ0v) is 10.3. The van der Waals surface area contributed by atoms with Crippen LogP contribution in [0.25, 0.3) is 0 Å². The molecule has 3 nitrogen and oxygen atoms in total. The molecule has 2 rings (SSSR count). The number of nitriles is 1. The SMILES string of the molecule is N#CC1(N2CCNCC2)CCC(C(F)(F)F)CC1. The summed E-state index contributed by atoms with van der Waals surface area (Å²) in [4.78, 5) is 2.07. The van der Waals surface area contributed by atoms with Gasteiger partial charge in [0.15, 0.2) is 0 Å². The highest BCUT2D eigenvalue weighted by Gasteiger charge is 2.48. The molecule has 0 unspecified atom stereocenters. The Hall–Kier alpha value is -0.800. The Morgan fingerprint density at radius 1 is 1.17 bits per heavy atom. The summed E-state index contributed by atoms with van der Waals surface area (Å²) in [5.74, 6) is -1.22. The van der Waals surface area contributed by atoms with Crippen LogP contribution in [0.4, 0.5) is 13.2 Å². The van der Waals surface area contributed by atoms with E-state index in [2.05, 4.69) is 16.3 Å². The van der Waals surface area contributed by atoms with E-state index in [1.165, 1.54) is 0 Å². The van der Waals surface area contributed by atoms with Gasteiger partial charge in [0.1, 0.15) is 5.54 Å². The third kappa shape index (κ3) is 2.62. The van der Waals surface area contributed by atoms with Gasteiger partial charge in [-0.3, -0.25) is 4.90 Å². The van der Waals surface area contributed by atoms with E-state index in [0.29, 0.717) is 12.8 Å². The van der Waals surface area contributed by atoms with Crippen LogP contribution in [0.3, 0.4) is 0 Å². The first-order chi connectivity index (χ1) is 8.48. The molecule has 0 bridgehead atoms.